The molecule has 7 N–H and O–H groups in total. The maximum Gasteiger partial charge on any atom is 0.255 e. The normalized spacial score (nSPS) is 30.8. The first-order chi connectivity index (χ1) is 17.8. The van der Waals surface area contributed by atoms with Crippen LogP contribution in [0.3, 0.4) is 0 Å². The molecule has 0 aromatic heterocycles. The highest BCUT2D eigenvalue weighted by molar-refractivity contribution is 6.24. The Bertz CT molecular complexity index is 1370. The molecule has 0 saturated heterocycles. The molecule has 0 spiro atoms. The monoisotopic (exact) mass is 543 g/mol. The van der Waals surface area contributed by atoms with E-state index in [1.165, 1.54) is 19.0 Å². The lowest BCUT2D eigenvalue weighted by Crippen LogP contribution is -2.70. The number of nitrogens with zero attached hydrogens (tertiary/aromatic N) is 2. The van der Waals surface area contributed by atoms with Gasteiger partial charge < -0.3 is 36.2 Å². The van der Waals surface area contributed by atoms with Crippen molar-refractivity contribution in [1.82, 2.24) is 4.90 Å². The second-order valence-corrected chi connectivity index (χ2v) is 12.3. The molecule has 11 nitrogen and oxygen atoms in total. The number of aromatic hydroxyl groups is 1. The summed E-state index contributed by atoms with van der Waals surface area (Å²) >= 11 is 0. The lowest BCUT2D eigenvalue weighted by molar-refractivity contribution is -0.169. The van der Waals surface area contributed by atoms with Gasteiger partial charge in [-0.1, -0.05) is 27.7 Å². The van der Waals surface area contributed by atoms with Gasteiger partial charge in [0.1, 0.15) is 22.8 Å². The summed E-state index contributed by atoms with van der Waals surface area (Å²) in [7, 11) is 6.53. The summed E-state index contributed by atoms with van der Waals surface area (Å²) in [6.07, 6.45) is -1.64. The highest BCUT2D eigenvalue weighted by atomic mass is 16.4. The van der Waals surface area contributed by atoms with Crippen molar-refractivity contribution in [3.05, 3.63) is 39.7 Å². The van der Waals surface area contributed by atoms with E-state index in [1.54, 1.807) is 32.0 Å². The number of aliphatic hydroxyl groups excluding tert-OH is 3. The van der Waals surface area contributed by atoms with E-state index in [4.69, 9.17) is 5.73 Å². The first kappa shape index (κ1) is 28.6. The highest BCUT2D eigenvalue weighted by Crippen LogP contribution is 2.58. The molecule has 3 aliphatic carbocycles. The van der Waals surface area contributed by atoms with Crippen molar-refractivity contribution in [3.63, 3.8) is 0 Å². The second kappa shape index (κ2) is 8.80. The van der Waals surface area contributed by atoms with Crippen molar-refractivity contribution in [2.45, 2.75) is 56.8 Å². The maximum absolute atomic E-state index is 14.1. The summed E-state index contributed by atoms with van der Waals surface area (Å²) < 4.78 is 0. The number of hydrogen-bond donors (Lipinski definition) is 6. The number of ketones is 2. The highest BCUT2D eigenvalue weighted by Gasteiger charge is 2.68. The van der Waals surface area contributed by atoms with Gasteiger partial charge in [-0.25, -0.2) is 0 Å². The van der Waals surface area contributed by atoms with Crippen LogP contribution in [0.1, 0.15) is 50.3 Å². The number of carbonyl (C=O) groups excluding carboxylic acids is 3. The number of amides is 1. The molecule has 0 bridgehead atoms. The molecule has 212 valence electrons. The van der Waals surface area contributed by atoms with Crippen LogP contribution in [-0.2, 0) is 19.8 Å². The molecular formula is C28H37N3O8. The maximum atomic E-state index is 14.1. The fourth-order valence-electron chi connectivity index (χ4n) is 6.68. The molecule has 0 aliphatic heterocycles. The number of likely N-dealkylation sites (N-methyl/N-ethyl adjacent to an activating group) is 1. The zero-order valence-electron chi connectivity index (χ0n) is 23.4. The SMILES string of the molecule is C[C@H]1c2c(N(C)C)cc(C(C)(C)C)c(O)c2C(O)=C2C(=O)[C@]3(O)C(O)=C(C(N)=O)C(=O)[C@@H](N(C)C)[C@@H]3[C@@H](O)[C@@H]21. The Morgan fingerprint density at radius 2 is 1.64 bits per heavy atom. The molecule has 11 heteroatoms. The largest absolute Gasteiger partial charge is 0.508 e. The molecule has 0 radical (unpaired) electrons. The Morgan fingerprint density at radius 1 is 1.08 bits per heavy atom. The number of nitrogens with two attached hydrogens (primary N) is 1. The standard InChI is InChI=1S/C28H37N3O8/c1-10-13-12(30(5)6)9-11(27(2,3)4)20(32)15(13)21(33)16-14(10)22(34)18-19(31(7)8)23(35)17(26(29)38)25(37)28(18,39)24(16)36/h9-10,14,18-19,22,32-34,37,39H,1-8H3,(H2,29,38)/t10-,14+,18+,19-,22-,28-/m0/s1. The molecule has 1 aromatic carbocycles. The van der Waals surface area contributed by atoms with Crippen molar-refractivity contribution in [3.8, 4) is 5.75 Å². The van der Waals surface area contributed by atoms with E-state index in [0.717, 1.165) is 0 Å². The summed E-state index contributed by atoms with van der Waals surface area (Å²) in [4.78, 5) is 42.8. The lowest BCUT2D eigenvalue weighted by Gasteiger charge is -2.54. The number of rotatable bonds is 3. The summed E-state index contributed by atoms with van der Waals surface area (Å²) in [6, 6.07) is 0.408. The van der Waals surface area contributed by atoms with E-state index < -0.39 is 81.1 Å². The van der Waals surface area contributed by atoms with Crippen LogP contribution >= 0.6 is 0 Å². The van der Waals surface area contributed by atoms with Crippen LogP contribution in [0.15, 0.2) is 23.0 Å². The van der Waals surface area contributed by atoms with E-state index in [2.05, 4.69) is 0 Å². The van der Waals surface area contributed by atoms with E-state index in [0.29, 0.717) is 16.8 Å². The number of primary amides is 1. The topological polar surface area (TPSA) is 185 Å². The van der Waals surface area contributed by atoms with Gasteiger partial charge >= 0.3 is 0 Å². The number of fused-ring (bicyclic) bond motifs is 3. The minimum atomic E-state index is -2.94. The van der Waals surface area contributed by atoms with Crippen LogP contribution in [0.25, 0.3) is 5.76 Å². The third-order valence-electron chi connectivity index (χ3n) is 8.49. The number of Topliss-reactive ketones (excluding diaryl/α,β-unsaturated/α-hetero) is 2. The van der Waals surface area contributed by atoms with Gasteiger partial charge in [0, 0.05) is 36.8 Å². The van der Waals surface area contributed by atoms with Crippen molar-refractivity contribution < 1.29 is 39.9 Å². The smallest absolute Gasteiger partial charge is 0.255 e. The predicted molar refractivity (Wildman–Crippen MR) is 143 cm³/mol. The fourth-order valence-corrected chi connectivity index (χ4v) is 6.68. The minimum Gasteiger partial charge on any atom is -0.508 e. The van der Waals surface area contributed by atoms with Gasteiger partial charge in [-0.05, 0) is 37.1 Å². The average molecular weight is 544 g/mol. The number of benzene rings is 1. The van der Waals surface area contributed by atoms with E-state index in [-0.39, 0.29) is 11.3 Å². The fraction of sp³-hybridized carbons (Fsp3) is 0.536. The molecular weight excluding hydrogens is 506 g/mol. The van der Waals surface area contributed by atoms with E-state index in [9.17, 15) is 39.9 Å². The predicted octanol–water partition coefficient (Wildman–Crippen LogP) is 0.859. The molecule has 1 fully saturated rings. The number of phenolic OH excluding ortho intramolecular Hbond substituents is 1. The summed E-state index contributed by atoms with van der Waals surface area (Å²) in [5.74, 6) is -9.02. The van der Waals surface area contributed by atoms with Gasteiger partial charge in [-0.2, -0.15) is 0 Å². The van der Waals surface area contributed by atoms with Gasteiger partial charge in [-0.15, -0.1) is 0 Å². The number of phenols is 1. The molecule has 1 aromatic rings. The first-order valence-corrected chi connectivity index (χ1v) is 12.7. The Morgan fingerprint density at radius 3 is 2.10 bits per heavy atom. The summed E-state index contributed by atoms with van der Waals surface area (Å²) in [6.45, 7) is 7.36. The van der Waals surface area contributed by atoms with Crippen LogP contribution in [0.2, 0.25) is 0 Å². The van der Waals surface area contributed by atoms with Crippen LogP contribution in [0.5, 0.6) is 5.75 Å². The van der Waals surface area contributed by atoms with Crippen molar-refractivity contribution >= 4 is 28.9 Å². The average Bonchev–Trinajstić information content (AvgIpc) is 2.79. The van der Waals surface area contributed by atoms with Crippen LogP contribution in [0, 0.1) is 11.8 Å². The Kier molecular flexibility index (Phi) is 6.45. The number of carbonyl (C=O) groups is 3. The van der Waals surface area contributed by atoms with Gasteiger partial charge in [0.05, 0.1) is 23.6 Å². The van der Waals surface area contributed by atoms with Gasteiger partial charge in [0.2, 0.25) is 5.78 Å². The zero-order chi connectivity index (χ0) is 29.7. The van der Waals surface area contributed by atoms with Crippen LogP contribution < -0.4 is 10.6 Å². The number of hydrogen-bond acceptors (Lipinski definition) is 10. The summed E-state index contributed by atoms with van der Waals surface area (Å²) in [5, 5.41) is 57.7. The quantitative estimate of drug-likeness (QED) is 0.299. The molecule has 1 saturated carbocycles. The number of aliphatic hydroxyl groups is 4. The van der Waals surface area contributed by atoms with Crippen molar-refractivity contribution in [2.24, 2.45) is 17.6 Å². The molecule has 6 atom stereocenters. The Labute approximate surface area is 226 Å². The Balaban J connectivity index is 2.13. The summed E-state index contributed by atoms with van der Waals surface area (Å²) in [5.41, 5.74) is 2.12. The Hall–Kier alpha value is -3.41. The third-order valence-corrected chi connectivity index (χ3v) is 8.49. The molecule has 3 aliphatic rings. The first-order valence-electron chi connectivity index (χ1n) is 12.7. The third kappa shape index (κ3) is 3.63. The van der Waals surface area contributed by atoms with Crippen molar-refractivity contribution in [1.29, 1.82) is 0 Å². The molecule has 39 heavy (non-hydrogen) atoms. The molecule has 0 unspecified atom stereocenters. The van der Waals surface area contributed by atoms with Crippen LogP contribution in [0.4, 0.5) is 5.69 Å². The molecule has 1 amide bonds. The minimum absolute atomic E-state index is 0.0119. The van der Waals surface area contributed by atoms with E-state index in [1.807, 2.05) is 20.8 Å². The molecule has 0 heterocycles. The second-order valence-electron chi connectivity index (χ2n) is 12.3. The van der Waals surface area contributed by atoms with Gasteiger partial charge in [0.15, 0.2) is 11.4 Å². The zero-order valence-corrected chi connectivity index (χ0v) is 23.4. The van der Waals surface area contributed by atoms with Crippen LogP contribution in [-0.4, -0.2) is 93.8 Å². The molecule has 4 rings (SSSR count). The van der Waals surface area contributed by atoms with Gasteiger partial charge in [-0.3, -0.25) is 19.3 Å². The van der Waals surface area contributed by atoms with Gasteiger partial charge in [0.25, 0.3) is 5.91 Å². The van der Waals surface area contributed by atoms with Crippen molar-refractivity contribution in [2.75, 3.05) is 33.1 Å². The van der Waals surface area contributed by atoms with E-state index >= 15 is 0 Å². The lowest BCUT2D eigenvalue weighted by atomic mass is 9.54. The number of anilines is 1.